The van der Waals surface area contributed by atoms with Crippen LogP contribution in [0.4, 0.5) is 5.69 Å². The van der Waals surface area contributed by atoms with E-state index in [1.165, 1.54) is 0 Å². The van der Waals surface area contributed by atoms with Gasteiger partial charge in [0.25, 0.3) is 5.89 Å². The van der Waals surface area contributed by atoms with Gasteiger partial charge < -0.3 is 14.6 Å². The van der Waals surface area contributed by atoms with Gasteiger partial charge in [0.1, 0.15) is 0 Å². The van der Waals surface area contributed by atoms with Crippen LogP contribution >= 0.6 is 0 Å². The number of hydrogen-bond donors (Lipinski definition) is 1. The van der Waals surface area contributed by atoms with Crippen molar-refractivity contribution in [1.29, 1.82) is 0 Å². The lowest BCUT2D eigenvalue weighted by atomic mass is 10.1. The first-order valence-electron chi connectivity index (χ1n) is 8.23. The zero-order valence-corrected chi connectivity index (χ0v) is 14.0. The van der Waals surface area contributed by atoms with Crippen LogP contribution in [0.1, 0.15) is 25.6 Å². The van der Waals surface area contributed by atoms with Crippen LogP contribution in [-0.2, 0) is 16.1 Å². The van der Waals surface area contributed by atoms with E-state index in [9.17, 15) is 4.79 Å². The summed E-state index contributed by atoms with van der Waals surface area (Å²) in [5.74, 6) is 0.733. The number of cyclic esters (lactones) is 1. The minimum Gasteiger partial charge on any atom is -0.466 e. The van der Waals surface area contributed by atoms with Gasteiger partial charge in [0.15, 0.2) is 11.5 Å². The predicted molar refractivity (Wildman–Crippen MR) is 88.8 cm³/mol. The van der Waals surface area contributed by atoms with E-state index in [-0.39, 0.29) is 12.0 Å². The van der Waals surface area contributed by atoms with Gasteiger partial charge in [-0.1, -0.05) is 5.16 Å². The van der Waals surface area contributed by atoms with E-state index < -0.39 is 0 Å². The number of nitrogens with zero attached hydrogens (tertiary/aromatic N) is 5. The third-order valence-electron chi connectivity index (χ3n) is 4.21. The molecule has 0 aromatic carbocycles. The van der Waals surface area contributed by atoms with E-state index in [0.29, 0.717) is 36.9 Å². The number of carbonyl (C=O) groups excluding carboxylic acids is 1. The Morgan fingerprint density at radius 2 is 2.28 bits per heavy atom. The number of pyridine rings is 1. The van der Waals surface area contributed by atoms with Crippen LogP contribution in [0.2, 0.25) is 0 Å². The van der Waals surface area contributed by atoms with Crippen LogP contribution < -0.4 is 5.32 Å². The van der Waals surface area contributed by atoms with Gasteiger partial charge in [-0.25, -0.2) is 9.67 Å². The fraction of sp³-hybridized carbons (Fsp3) is 0.438. The second-order valence-electron chi connectivity index (χ2n) is 5.95. The number of fused-ring (bicyclic) bond motifs is 1. The number of rotatable bonds is 4. The Morgan fingerprint density at radius 1 is 1.40 bits per heavy atom. The van der Waals surface area contributed by atoms with Gasteiger partial charge >= 0.3 is 5.97 Å². The fourth-order valence-corrected chi connectivity index (χ4v) is 2.99. The maximum atomic E-state index is 11.6. The number of aryl methyl sites for hydroxylation is 2. The summed E-state index contributed by atoms with van der Waals surface area (Å²) >= 11 is 0. The largest absolute Gasteiger partial charge is 0.466 e. The third-order valence-corrected chi connectivity index (χ3v) is 4.21. The Hall–Kier alpha value is -2.97. The normalized spacial score (nSPS) is 17.7. The van der Waals surface area contributed by atoms with Gasteiger partial charge in [-0.2, -0.15) is 10.1 Å². The minimum atomic E-state index is -0.200. The van der Waals surface area contributed by atoms with E-state index in [1.54, 1.807) is 19.3 Å². The van der Waals surface area contributed by atoms with Gasteiger partial charge in [-0.15, -0.1) is 0 Å². The molecule has 1 unspecified atom stereocenters. The van der Waals surface area contributed by atoms with E-state index in [0.717, 1.165) is 23.1 Å². The van der Waals surface area contributed by atoms with Crippen molar-refractivity contribution in [3.05, 3.63) is 18.2 Å². The molecule has 130 valence electrons. The summed E-state index contributed by atoms with van der Waals surface area (Å²) in [5.41, 5.74) is 2.26. The number of aromatic nitrogens is 5. The number of nitrogens with one attached hydrogen (secondary N) is 1. The smallest absolute Gasteiger partial charge is 0.307 e. The Labute approximate surface area is 143 Å². The van der Waals surface area contributed by atoms with Gasteiger partial charge in [0.05, 0.1) is 35.9 Å². The molecule has 0 spiro atoms. The molecular formula is C16H18N6O3. The molecule has 1 saturated heterocycles. The number of anilines is 1. The Bertz CT molecular complexity index is 931. The predicted octanol–water partition coefficient (Wildman–Crippen LogP) is 1.93. The highest BCUT2D eigenvalue weighted by atomic mass is 16.5. The van der Waals surface area contributed by atoms with Gasteiger partial charge in [-0.05, 0) is 13.8 Å². The fourth-order valence-electron chi connectivity index (χ4n) is 2.99. The van der Waals surface area contributed by atoms with E-state index in [1.807, 2.05) is 11.6 Å². The molecule has 9 nitrogen and oxygen atoms in total. The second kappa shape index (κ2) is 6.15. The number of ether oxygens (including phenoxy) is 1. The van der Waals surface area contributed by atoms with Gasteiger partial charge in [-0.3, -0.25) is 4.79 Å². The molecule has 1 atom stereocenters. The molecular weight excluding hydrogens is 324 g/mol. The van der Waals surface area contributed by atoms with Gasteiger partial charge in [0, 0.05) is 25.2 Å². The highest BCUT2D eigenvalue weighted by molar-refractivity contribution is 5.96. The van der Waals surface area contributed by atoms with Crippen LogP contribution in [0.3, 0.4) is 0 Å². The number of hydrogen-bond acceptors (Lipinski definition) is 8. The zero-order chi connectivity index (χ0) is 17.4. The molecule has 0 amide bonds. The summed E-state index contributed by atoms with van der Waals surface area (Å²) in [6.45, 7) is 4.89. The maximum Gasteiger partial charge on any atom is 0.307 e. The average Bonchev–Trinajstić information content (AvgIpc) is 3.21. The lowest BCUT2D eigenvalue weighted by molar-refractivity contribution is -0.147. The van der Waals surface area contributed by atoms with Crippen LogP contribution in [0.5, 0.6) is 0 Å². The first-order chi connectivity index (χ1) is 12.2. The molecule has 25 heavy (non-hydrogen) atoms. The molecule has 1 N–H and O–H groups in total. The summed E-state index contributed by atoms with van der Waals surface area (Å²) in [7, 11) is 0. The molecule has 1 aliphatic heterocycles. The first kappa shape index (κ1) is 15.6. The Morgan fingerprint density at radius 3 is 3.00 bits per heavy atom. The summed E-state index contributed by atoms with van der Waals surface area (Å²) in [6.07, 6.45) is 4.52. The molecule has 9 heteroatoms. The summed E-state index contributed by atoms with van der Waals surface area (Å²) in [4.78, 5) is 20.4. The first-order valence-corrected chi connectivity index (χ1v) is 8.23. The maximum absolute atomic E-state index is 11.6. The Kier molecular flexibility index (Phi) is 3.83. The molecule has 4 rings (SSSR count). The number of carbonyl (C=O) groups is 1. The summed E-state index contributed by atoms with van der Waals surface area (Å²) < 4.78 is 12.2. The van der Waals surface area contributed by atoms with E-state index in [2.05, 4.69) is 25.5 Å². The Balaban J connectivity index is 1.82. The van der Waals surface area contributed by atoms with Crippen molar-refractivity contribution < 1.29 is 14.1 Å². The molecule has 1 aliphatic rings. The van der Waals surface area contributed by atoms with Gasteiger partial charge in [0.2, 0.25) is 0 Å². The average molecular weight is 342 g/mol. The van der Waals surface area contributed by atoms with Crippen molar-refractivity contribution in [1.82, 2.24) is 24.9 Å². The lowest BCUT2D eigenvalue weighted by Gasteiger charge is -2.24. The highest BCUT2D eigenvalue weighted by Gasteiger charge is 2.25. The molecule has 0 radical (unpaired) electrons. The van der Waals surface area contributed by atoms with Crippen molar-refractivity contribution in [2.45, 2.75) is 39.3 Å². The molecule has 3 aromatic heterocycles. The topological polar surface area (TPSA) is 108 Å². The van der Waals surface area contributed by atoms with Crippen molar-refractivity contribution >= 4 is 22.7 Å². The van der Waals surface area contributed by atoms with Crippen LogP contribution in [0, 0.1) is 6.92 Å². The standard InChI is InChI=1S/C16H18N6O3/c1-3-22-15-11(8-18-22)14(20-10-4-5-24-13(23)6-10)12(7-17-15)16-19-9(2)21-25-16/h7-8,10H,3-6H2,1-2H3,(H,17,20). The molecule has 4 heterocycles. The minimum absolute atomic E-state index is 0.0282. The lowest BCUT2D eigenvalue weighted by Crippen LogP contribution is -2.31. The third kappa shape index (κ3) is 2.81. The summed E-state index contributed by atoms with van der Waals surface area (Å²) in [6, 6.07) is -0.0282. The molecule has 1 fully saturated rings. The van der Waals surface area contributed by atoms with Crippen molar-refractivity contribution in [2.24, 2.45) is 0 Å². The monoisotopic (exact) mass is 342 g/mol. The molecule has 0 saturated carbocycles. The van der Waals surface area contributed by atoms with Crippen LogP contribution in [0.15, 0.2) is 16.9 Å². The van der Waals surface area contributed by atoms with Crippen LogP contribution in [0.25, 0.3) is 22.5 Å². The van der Waals surface area contributed by atoms with Crippen molar-refractivity contribution in [3.8, 4) is 11.5 Å². The molecule has 0 aliphatic carbocycles. The van der Waals surface area contributed by atoms with E-state index in [4.69, 9.17) is 9.26 Å². The second-order valence-corrected chi connectivity index (χ2v) is 5.95. The zero-order valence-electron chi connectivity index (χ0n) is 14.0. The molecule has 0 bridgehead atoms. The van der Waals surface area contributed by atoms with Crippen LogP contribution in [-0.4, -0.2) is 43.5 Å². The quantitative estimate of drug-likeness (QED) is 0.717. The molecule has 3 aromatic rings. The highest BCUT2D eigenvalue weighted by Crippen LogP contribution is 2.34. The SMILES string of the molecule is CCn1ncc2c(NC3CCOC(=O)C3)c(-c3nc(C)no3)cnc21. The van der Waals surface area contributed by atoms with Crippen molar-refractivity contribution in [2.75, 3.05) is 11.9 Å². The summed E-state index contributed by atoms with van der Waals surface area (Å²) in [5, 5.41) is 12.5. The van der Waals surface area contributed by atoms with Crippen molar-refractivity contribution in [3.63, 3.8) is 0 Å². The van der Waals surface area contributed by atoms with E-state index >= 15 is 0 Å². The number of esters is 1.